The lowest BCUT2D eigenvalue weighted by molar-refractivity contribution is 0.0946. The largest absolute Gasteiger partial charge is 0.494 e. The third-order valence-corrected chi connectivity index (χ3v) is 3.47. The molecule has 0 bridgehead atoms. The van der Waals surface area contributed by atoms with Crippen LogP contribution in [0.15, 0.2) is 54.9 Å². The predicted octanol–water partition coefficient (Wildman–Crippen LogP) is 2.80. The molecular weight excluding hydrogens is 304 g/mol. The normalized spacial score (nSPS) is 10.4. The van der Waals surface area contributed by atoms with Gasteiger partial charge in [-0.05, 0) is 42.8 Å². The molecule has 0 radical (unpaired) electrons. The number of nitrogens with one attached hydrogen (secondary N) is 2. The summed E-state index contributed by atoms with van der Waals surface area (Å²) in [6.07, 6.45) is 3.40. The summed E-state index contributed by atoms with van der Waals surface area (Å²) in [5.74, 6) is 0.619. The van der Waals surface area contributed by atoms with Crippen molar-refractivity contribution in [1.29, 1.82) is 0 Å². The van der Waals surface area contributed by atoms with E-state index in [-0.39, 0.29) is 5.91 Å². The molecular formula is C18H18N4O2. The van der Waals surface area contributed by atoms with Gasteiger partial charge >= 0.3 is 0 Å². The number of aromatic amines is 1. The van der Waals surface area contributed by atoms with Crippen LogP contribution in [-0.4, -0.2) is 27.7 Å². The van der Waals surface area contributed by atoms with Crippen LogP contribution in [0.5, 0.6) is 5.75 Å². The molecule has 3 aromatic rings. The van der Waals surface area contributed by atoms with Gasteiger partial charge < -0.3 is 10.1 Å². The minimum atomic E-state index is -0.202. The van der Waals surface area contributed by atoms with Crippen LogP contribution < -0.4 is 10.1 Å². The predicted molar refractivity (Wildman–Crippen MR) is 90.6 cm³/mol. The summed E-state index contributed by atoms with van der Waals surface area (Å²) in [5, 5.41) is 9.77. The van der Waals surface area contributed by atoms with E-state index in [1.807, 2.05) is 43.3 Å². The molecule has 24 heavy (non-hydrogen) atoms. The van der Waals surface area contributed by atoms with Gasteiger partial charge in [-0.1, -0.05) is 12.1 Å². The number of rotatable bonds is 6. The first-order valence-electron chi connectivity index (χ1n) is 7.72. The van der Waals surface area contributed by atoms with Crippen LogP contribution in [0.3, 0.4) is 0 Å². The van der Waals surface area contributed by atoms with Gasteiger partial charge in [-0.25, -0.2) is 0 Å². The molecule has 0 saturated carbocycles. The lowest BCUT2D eigenvalue weighted by Crippen LogP contribution is -2.23. The second-order valence-electron chi connectivity index (χ2n) is 5.17. The summed E-state index contributed by atoms with van der Waals surface area (Å²) in [4.78, 5) is 16.3. The van der Waals surface area contributed by atoms with Crippen molar-refractivity contribution in [3.05, 3.63) is 66.1 Å². The van der Waals surface area contributed by atoms with Gasteiger partial charge in [0.15, 0.2) is 0 Å². The molecule has 6 nitrogen and oxygen atoms in total. The molecule has 0 spiro atoms. The van der Waals surface area contributed by atoms with Crippen molar-refractivity contribution in [2.24, 2.45) is 0 Å². The first-order chi connectivity index (χ1) is 11.8. The third kappa shape index (κ3) is 3.78. The Hall–Kier alpha value is -3.15. The average molecular weight is 322 g/mol. The molecule has 0 atom stereocenters. The molecule has 1 aromatic carbocycles. The zero-order valence-electron chi connectivity index (χ0n) is 13.3. The third-order valence-electron chi connectivity index (χ3n) is 3.47. The Morgan fingerprint density at radius 2 is 2.08 bits per heavy atom. The zero-order chi connectivity index (χ0) is 16.8. The van der Waals surface area contributed by atoms with E-state index in [2.05, 4.69) is 20.5 Å². The van der Waals surface area contributed by atoms with E-state index < -0.39 is 0 Å². The van der Waals surface area contributed by atoms with Crippen LogP contribution in [-0.2, 0) is 6.54 Å². The number of carbonyl (C=O) groups is 1. The average Bonchev–Trinajstić information content (AvgIpc) is 3.12. The van der Waals surface area contributed by atoms with E-state index in [0.717, 1.165) is 16.9 Å². The van der Waals surface area contributed by atoms with Crippen LogP contribution in [0.25, 0.3) is 11.3 Å². The van der Waals surface area contributed by atoms with Gasteiger partial charge in [0.1, 0.15) is 11.4 Å². The summed E-state index contributed by atoms with van der Waals surface area (Å²) >= 11 is 0. The Labute approximate surface area is 139 Å². The Morgan fingerprint density at radius 3 is 2.79 bits per heavy atom. The van der Waals surface area contributed by atoms with Gasteiger partial charge in [-0.15, -0.1) is 0 Å². The Balaban J connectivity index is 1.60. The second-order valence-corrected chi connectivity index (χ2v) is 5.17. The van der Waals surface area contributed by atoms with Gasteiger partial charge in [-0.2, -0.15) is 5.10 Å². The van der Waals surface area contributed by atoms with E-state index >= 15 is 0 Å². The van der Waals surface area contributed by atoms with Crippen molar-refractivity contribution in [2.75, 3.05) is 6.61 Å². The fourth-order valence-corrected chi connectivity index (χ4v) is 2.25. The molecule has 2 N–H and O–H groups in total. The van der Waals surface area contributed by atoms with Crippen molar-refractivity contribution < 1.29 is 9.53 Å². The summed E-state index contributed by atoms with van der Waals surface area (Å²) < 4.78 is 5.39. The topological polar surface area (TPSA) is 79.9 Å². The highest BCUT2D eigenvalue weighted by Crippen LogP contribution is 2.16. The van der Waals surface area contributed by atoms with E-state index in [1.54, 1.807) is 18.5 Å². The van der Waals surface area contributed by atoms with Gasteiger partial charge in [0.2, 0.25) is 0 Å². The lowest BCUT2D eigenvalue weighted by atomic mass is 10.2. The van der Waals surface area contributed by atoms with Crippen LogP contribution in [0.2, 0.25) is 0 Å². The minimum absolute atomic E-state index is 0.202. The molecule has 0 fully saturated rings. The Kier molecular flexibility index (Phi) is 4.86. The molecule has 0 saturated heterocycles. The van der Waals surface area contributed by atoms with E-state index in [0.29, 0.717) is 24.5 Å². The number of carbonyl (C=O) groups excluding carboxylic acids is 1. The van der Waals surface area contributed by atoms with E-state index in [1.165, 1.54) is 0 Å². The Morgan fingerprint density at radius 1 is 1.25 bits per heavy atom. The van der Waals surface area contributed by atoms with E-state index in [9.17, 15) is 4.79 Å². The van der Waals surface area contributed by atoms with Crippen LogP contribution in [0, 0.1) is 0 Å². The molecule has 0 aliphatic carbocycles. The van der Waals surface area contributed by atoms with Crippen LogP contribution in [0.4, 0.5) is 0 Å². The Bertz CT molecular complexity index is 797. The number of ether oxygens (including phenoxy) is 1. The van der Waals surface area contributed by atoms with Crippen molar-refractivity contribution in [2.45, 2.75) is 13.5 Å². The highest BCUT2D eigenvalue weighted by molar-refractivity contribution is 5.93. The molecule has 0 unspecified atom stereocenters. The van der Waals surface area contributed by atoms with Crippen molar-refractivity contribution in [3.63, 3.8) is 0 Å². The van der Waals surface area contributed by atoms with Crippen molar-refractivity contribution >= 4 is 5.91 Å². The van der Waals surface area contributed by atoms with Gasteiger partial charge in [0.25, 0.3) is 5.91 Å². The lowest BCUT2D eigenvalue weighted by Gasteiger charge is -2.06. The highest BCUT2D eigenvalue weighted by atomic mass is 16.5. The monoisotopic (exact) mass is 322 g/mol. The summed E-state index contributed by atoms with van der Waals surface area (Å²) in [6.45, 7) is 3.01. The summed E-state index contributed by atoms with van der Waals surface area (Å²) in [5.41, 5.74) is 2.97. The molecule has 3 rings (SSSR count). The first-order valence-corrected chi connectivity index (χ1v) is 7.72. The summed E-state index contributed by atoms with van der Waals surface area (Å²) in [6, 6.07) is 13.1. The quantitative estimate of drug-likeness (QED) is 0.731. The number of benzene rings is 1. The molecule has 1 amide bonds. The number of pyridine rings is 1. The number of hydrogen-bond acceptors (Lipinski definition) is 4. The van der Waals surface area contributed by atoms with Crippen molar-refractivity contribution in [3.8, 4) is 17.0 Å². The fourth-order valence-electron chi connectivity index (χ4n) is 2.25. The van der Waals surface area contributed by atoms with Gasteiger partial charge in [-0.3, -0.25) is 14.9 Å². The molecule has 0 aliphatic heterocycles. The first kappa shape index (κ1) is 15.7. The van der Waals surface area contributed by atoms with Gasteiger partial charge in [0, 0.05) is 24.5 Å². The number of nitrogens with zero attached hydrogens (tertiary/aromatic N) is 2. The van der Waals surface area contributed by atoms with E-state index in [4.69, 9.17) is 4.74 Å². The highest BCUT2D eigenvalue weighted by Gasteiger charge is 2.10. The summed E-state index contributed by atoms with van der Waals surface area (Å²) in [7, 11) is 0. The molecule has 122 valence electrons. The SMILES string of the molecule is CCOc1ccc(CNC(=O)c2cc(-c3cccnc3)n[nH]2)cc1. The second kappa shape index (κ2) is 7.41. The fraction of sp³-hybridized carbons (Fsp3) is 0.167. The van der Waals surface area contributed by atoms with Gasteiger partial charge in [0.05, 0.1) is 12.3 Å². The number of H-pyrrole nitrogens is 1. The number of hydrogen-bond donors (Lipinski definition) is 2. The zero-order valence-corrected chi connectivity index (χ0v) is 13.3. The molecule has 2 heterocycles. The maximum atomic E-state index is 12.2. The molecule has 0 aliphatic rings. The standard InChI is InChI=1S/C18H18N4O2/c1-2-24-15-7-5-13(6-8-15)11-20-18(23)17-10-16(21-22-17)14-4-3-9-19-12-14/h3-10,12H,2,11H2,1H3,(H,20,23)(H,21,22). The molecule has 2 aromatic heterocycles. The maximum Gasteiger partial charge on any atom is 0.269 e. The van der Waals surface area contributed by atoms with Crippen LogP contribution in [0.1, 0.15) is 23.0 Å². The maximum absolute atomic E-state index is 12.2. The van der Waals surface area contributed by atoms with Crippen LogP contribution >= 0.6 is 0 Å². The minimum Gasteiger partial charge on any atom is -0.494 e. The number of amides is 1. The number of aromatic nitrogens is 3. The smallest absolute Gasteiger partial charge is 0.269 e. The van der Waals surface area contributed by atoms with Crippen molar-refractivity contribution in [1.82, 2.24) is 20.5 Å². The molecule has 6 heteroatoms.